The Kier molecular flexibility index (Phi) is 7.39. The Bertz CT molecular complexity index is 1040. The van der Waals surface area contributed by atoms with Crippen molar-refractivity contribution < 1.29 is 9.18 Å². The summed E-state index contributed by atoms with van der Waals surface area (Å²) < 4.78 is 14.6. The number of rotatable bonds is 6. The topological polar surface area (TPSA) is 77.2 Å². The number of halogens is 1. The van der Waals surface area contributed by atoms with Crippen LogP contribution in [0.4, 0.5) is 10.1 Å². The van der Waals surface area contributed by atoms with Gasteiger partial charge in [0.05, 0.1) is 0 Å². The van der Waals surface area contributed by atoms with Crippen molar-refractivity contribution in [3.05, 3.63) is 62.3 Å². The molecule has 1 amide bonds. The Balaban J connectivity index is 1.87. The molecule has 0 bridgehead atoms. The van der Waals surface area contributed by atoms with Gasteiger partial charge in [0.25, 0.3) is 11.5 Å². The van der Waals surface area contributed by atoms with Gasteiger partial charge in [0, 0.05) is 53.7 Å². The van der Waals surface area contributed by atoms with Crippen LogP contribution in [0.1, 0.15) is 66.4 Å². The van der Waals surface area contributed by atoms with E-state index in [1.54, 1.807) is 0 Å². The molecule has 32 heavy (non-hydrogen) atoms. The molecule has 1 saturated heterocycles. The first-order chi connectivity index (χ1) is 15.1. The van der Waals surface area contributed by atoms with Crippen LogP contribution >= 0.6 is 0 Å². The van der Waals surface area contributed by atoms with Gasteiger partial charge in [-0.25, -0.2) is 4.39 Å². The van der Waals surface area contributed by atoms with E-state index in [2.05, 4.69) is 41.3 Å². The molecule has 1 aliphatic rings. The molecule has 1 aromatic carbocycles. The van der Waals surface area contributed by atoms with Crippen LogP contribution in [-0.2, 0) is 6.54 Å². The van der Waals surface area contributed by atoms with Crippen molar-refractivity contribution in [3.63, 3.8) is 0 Å². The minimum absolute atomic E-state index is 0.0897. The van der Waals surface area contributed by atoms with Crippen LogP contribution in [0.25, 0.3) is 0 Å². The average Bonchev–Trinajstić information content (AvgIpc) is 2.69. The molecule has 2 unspecified atom stereocenters. The number of aromatic nitrogens is 1. The van der Waals surface area contributed by atoms with E-state index in [9.17, 15) is 14.0 Å². The highest BCUT2D eigenvalue weighted by Crippen LogP contribution is 2.30. The number of aryl methyl sites for hydroxylation is 2. The SMILES string of the molecule is CCN(c1cc(F)cc(C(=O)NCc2c(C)cc(C)[nH]c2=O)c1C)C1CC(C)NC(C)C1. The van der Waals surface area contributed by atoms with E-state index in [0.29, 0.717) is 23.2 Å². The number of pyridine rings is 1. The van der Waals surface area contributed by atoms with Crippen LogP contribution in [0.5, 0.6) is 0 Å². The number of carbonyl (C=O) groups is 1. The predicted octanol–water partition coefficient (Wildman–Crippen LogP) is 3.72. The second-order valence-electron chi connectivity index (χ2n) is 9.10. The van der Waals surface area contributed by atoms with Gasteiger partial charge in [0.1, 0.15) is 5.82 Å². The Morgan fingerprint density at radius 1 is 1.16 bits per heavy atom. The smallest absolute Gasteiger partial charge is 0.253 e. The highest BCUT2D eigenvalue weighted by atomic mass is 19.1. The Labute approximate surface area is 189 Å². The van der Waals surface area contributed by atoms with E-state index >= 15 is 0 Å². The molecular weight excluding hydrogens is 407 g/mol. The first-order valence-electron chi connectivity index (χ1n) is 11.4. The van der Waals surface area contributed by atoms with Crippen molar-refractivity contribution in [2.75, 3.05) is 11.4 Å². The summed E-state index contributed by atoms with van der Waals surface area (Å²) in [5.74, 6) is -0.820. The van der Waals surface area contributed by atoms with Gasteiger partial charge in [-0.2, -0.15) is 0 Å². The number of H-pyrrole nitrogens is 1. The average molecular weight is 443 g/mol. The normalized spacial score (nSPS) is 20.8. The van der Waals surface area contributed by atoms with Crippen LogP contribution in [0, 0.1) is 26.6 Å². The molecule has 1 aliphatic heterocycles. The summed E-state index contributed by atoms with van der Waals surface area (Å²) in [6, 6.07) is 5.71. The van der Waals surface area contributed by atoms with Gasteiger partial charge in [-0.3, -0.25) is 9.59 Å². The summed E-state index contributed by atoms with van der Waals surface area (Å²) in [4.78, 5) is 30.2. The third kappa shape index (κ3) is 5.21. The number of carbonyl (C=O) groups excluding carboxylic acids is 1. The fraction of sp³-hybridized carbons (Fsp3) is 0.520. The number of benzene rings is 1. The van der Waals surface area contributed by atoms with Crippen molar-refractivity contribution in [3.8, 4) is 0 Å². The number of hydrogen-bond acceptors (Lipinski definition) is 4. The number of amides is 1. The maximum Gasteiger partial charge on any atom is 0.253 e. The lowest BCUT2D eigenvalue weighted by Crippen LogP contribution is -2.51. The molecule has 0 radical (unpaired) electrons. The van der Waals surface area contributed by atoms with E-state index in [-0.39, 0.29) is 24.1 Å². The summed E-state index contributed by atoms with van der Waals surface area (Å²) in [5.41, 5.74) is 3.68. The highest BCUT2D eigenvalue weighted by Gasteiger charge is 2.29. The van der Waals surface area contributed by atoms with Gasteiger partial charge in [-0.15, -0.1) is 0 Å². The van der Waals surface area contributed by atoms with E-state index < -0.39 is 5.82 Å². The van der Waals surface area contributed by atoms with Gasteiger partial charge < -0.3 is 20.5 Å². The minimum atomic E-state index is -0.436. The third-order valence-corrected chi connectivity index (χ3v) is 6.42. The monoisotopic (exact) mass is 442 g/mol. The lowest BCUT2D eigenvalue weighted by molar-refractivity contribution is 0.0949. The number of aromatic amines is 1. The number of nitrogens with one attached hydrogen (secondary N) is 3. The van der Waals surface area contributed by atoms with Crippen LogP contribution in [-0.4, -0.2) is 35.6 Å². The Morgan fingerprint density at radius 3 is 2.41 bits per heavy atom. The van der Waals surface area contributed by atoms with Crippen molar-refractivity contribution in [1.82, 2.24) is 15.6 Å². The molecular formula is C25H35FN4O2. The second kappa shape index (κ2) is 9.86. The molecule has 174 valence electrons. The molecule has 0 spiro atoms. The molecule has 6 nitrogen and oxygen atoms in total. The fourth-order valence-electron chi connectivity index (χ4n) is 4.98. The summed E-state index contributed by atoms with van der Waals surface area (Å²) in [6.45, 7) is 12.7. The fourth-order valence-corrected chi connectivity index (χ4v) is 4.98. The minimum Gasteiger partial charge on any atom is -0.368 e. The summed E-state index contributed by atoms with van der Waals surface area (Å²) in [6.07, 6.45) is 1.93. The molecule has 2 atom stereocenters. The zero-order chi connectivity index (χ0) is 23.6. The first-order valence-corrected chi connectivity index (χ1v) is 11.4. The standard InChI is InChI=1S/C25H35FN4O2/c1-7-30(20-9-16(4)28-17(5)10-20)23-12-19(26)11-21(18(23)6)24(31)27-13-22-14(2)8-15(3)29-25(22)32/h8,11-12,16-17,20,28H,7,9-10,13H2,1-6H3,(H,27,31)(H,29,32). The lowest BCUT2D eigenvalue weighted by Gasteiger charge is -2.41. The second-order valence-corrected chi connectivity index (χ2v) is 9.10. The molecule has 7 heteroatoms. The molecule has 0 saturated carbocycles. The maximum atomic E-state index is 14.6. The number of anilines is 1. The maximum absolute atomic E-state index is 14.6. The van der Waals surface area contributed by atoms with Crippen molar-refractivity contribution >= 4 is 11.6 Å². The van der Waals surface area contributed by atoms with Crippen molar-refractivity contribution in [2.45, 2.75) is 79.1 Å². The van der Waals surface area contributed by atoms with E-state index in [0.717, 1.165) is 41.9 Å². The summed E-state index contributed by atoms with van der Waals surface area (Å²) in [5, 5.41) is 6.36. The number of hydrogen-bond donors (Lipinski definition) is 3. The Morgan fingerprint density at radius 2 is 1.81 bits per heavy atom. The van der Waals surface area contributed by atoms with Crippen molar-refractivity contribution in [1.29, 1.82) is 0 Å². The number of nitrogens with zero attached hydrogens (tertiary/aromatic N) is 1. The molecule has 3 N–H and O–H groups in total. The summed E-state index contributed by atoms with van der Waals surface area (Å²) >= 11 is 0. The van der Waals surface area contributed by atoms with Gasteiger partial charge in [0.2, 0.25) is 0 Å². The molecule has 2 aromatic rings. The predicted molar refractivity (Wildman–Crippen MR) is 127 cm³/mol. The van der Waals surface area contributed by atoms with E-state index in [4.69, 9.17) is 0 Å². The molecule has 1 aromatic heterocycles. The van der Waals surface area contributed by atoms with Crippen LogP contribution in [0.3, 0.4) is 0 Å². The molecule has 1 fully saturated rings. The third-order valence-electron chi connectivity index (χ3n) is 6.42. The summed E-state index contributed by atoms with van der Waals surface area (Å²) in [7, 11) is 0. The molecule has 0 aliphatic carbocycles. The van der Waals surface area contributed by atoms with Gasteiger partial charge >= 0.3 is 0 Å². The lowest BCUT2D eigenvalue weighted by atomic mass is 9.92. The Hall–Kier alpha value is -2.67. The van der Waals surface area contributed by atoms with Gasteiger partial charge in [-0.1, -0.05) is 0 Å². The largest absolute Gasteiger partial charge is 0.368 e. The van der Waals surface area contributed by atoms with Crippen LogP contribution in [0.2, 0.25) is 0 Å². The molecule has 2 heterocycles. The van der Waals surface area contributed by atoms with Gasteiger partial charge in [-0.05, 0) is 83.7 Å². The van der Waals surface area contributed by atoms with Crippen LogP contribution < -0.4 is 21.1 Å². The van der Waals surface area contributed by atoms with Crippen LogP contribution in [0.15, 0.2) is 23.0 Å². The van der Waals surface area contributed by atoms with Crippen molar-refractivity contribution in [2.24, 2.45) is 0 Å². The van der Waals surface area contributed by atoms with E-state index in [1.165, 1.54) is 12.1 Å². The zero-order valence-corrected chi connectivity index (χ0v) is 19.9. The quantitative estimate of drug-likeness (QED) is 0.637. The van der Waals surface area contributed by atoms with E-state index in [1.807, 2.05) is 26.8 Å². The highest BCUT2D eigenvalue weighted by molar-refractivity contribution is 5.97. The van der Waals surface area contributed by atoms with Gasteiger partial charge in [0.15, 0.2) is 0 Å². The number of piperidine rings is 1. The zero-order valence-electron chi connectivity index (χ0n) is 19.9. The molecule has 3 rings (SSSR count). The first kappa shape index (κ1) is 24.0.